The summed E-state index contributed by atoms with van der Waals surface area (Å²) in [5.41, 5.74) is 2.15. The van der Waals surface area contributed by atoms with E-state index in [1.54, 1.807) is 6.20 Å². The monoisotopic (exact) mass is 313 g/mol. The first-order chi connectivity index (χ1) is 11.8. The summed E-state index contributed by atoms with van der Waals surface area (Å²) < 4.78 is 6.63. The molecule has 3 heteroatoms. The number of rotatable bonds is 3. The number of ether oxygens (including phenoxy) is 1. The molecule has 0 aliphatic rings. The second kappa shape index (κ2) is 6.05. The van der Waals surface area contributed by atoms with Crippen LogP contribution < -0.4 is 9.47 Å². The van der Waals surface area contributed by atoms with Crippen LogP contribution in [0.1, 0.15) is 0 Å². The van der Waals surface area contributed by atoms with Crippen LogP contribution in [0.4, 0.5) is 0 Å². The van der Waals surface area contributed by atoms with E-state index in [9.17, 15) is 5.21 Å². The Labute approximate surface area is 140 Å². The van der Waals surface area contributed by atoms with Gasteiger partial charge < -0.3 is 9.94 Å². The standard InChI is InChI=1S/C21H15NO2/c23-22-13-12-17-6-7-18(14-19(17)15-22)16-8-10-21(11-9-16)24-20-4-2-1-3-5-20/h1-15H. The largest absolute Gasteiger partial charge is 0.619 e. The van der Waals surface area contributed by atoms with E-state index in [0.29, 0.717) is 0 Å². The summed E-state index contributed by atoms with van der Waals surface area (Å²) in [6.45, 7) is 0. The van der Waals surface area contributed by atoms with Gasteiger partial charge in [-0.2, -0.15) is 4.73 Å². The summed E-state index contributed by atoms with van der Waals surface area (Å²) >= 11 is 0. The van der Waals surface area contributed by atoms with Crippen molar-refractivity contribution >= 4 is 10.8 Å². The summed E-state index contributed by atoms with van der Waals surface area (Å²) in [6, 6.07) is 25.6. The van der Waals surface area contributed by atoms with Gasteiger partial charge in [0.25, 0.3) is 0 Å². The molecule has 4 aromatic rings. The average molecular weight is 313 g/mol. The lowest BCUT2D eigenvalue weighted by Gasteiger charge is -2.07. The fourth-order valence-corrected chi connectivity index (χ4v) is 2.69. The molecule has 0 saturated heterocycles. The maximum Gasteiger partial charge on any atom is 0.188 e. The minimum Gasteiger partial charge on any atom is -0.619 e. The average Bonchev–Trinajstić information content (AvgIpc) is 2.62. The van der Waals surface area contributed by atoms with Crippen LogP contribution in [-0.4, -0.2) is 0 Å². The van der Waals surface area contributed by atoms with E-state index < -0.39 is 0 Å². The smallest absolute Gasteiger partial charge is 0.188 e. The molecule has 1 aromatic heterocycles. The predicted octanol–water partition coefficient (Wildman–Crippen LogP) is 4.93. The van der Waals surface area contributed by atoms with Crippen LogP contribution in [-0.2, 0) is 0 Å². The fourth-order valence-electron chi connectivity index (χ4n) is 2.69. The molecule has 0 unspecified atom stereocenters. The number of benzene rings is 3. The highest BCUT2D eigenvalue weighted by molar-refractivity contribution is 5.86. The topological polar surface area (TPSA) is 36.2 Å². The molecule has 0 radical (unpaired) electrons. The summed E-state index contributed by atoms with van der Waals surface area (Å²) in [4.78, 5) is 0. The van der Waals surface area contributed by atoms with Crippen LogP contribution in [0.15, 0.2) is 91.3 Å². The highest BCUT2D eigenvalue weighted by Crippen LogP contribution is 2.27. The Morgan fingerprint density at radius 1 is 0.667 bits per heavy atom. The molecule has 0 spiro atoms. The van der Waals surface area contributed by atoms with Gasteiger partial charge in [0.2, 0.25) is 0 Å². The molecule has 0 amide bonds. The van der Waals surface area contributed by atoms with E-state index in [0.717, 1.165) is 38.1 Å². The van der Waals surface area contributed by atoms with Gasteiger partial charge in [0.15, 0.2) is 12.4 Å². The third-order valence-electron chi connectivity index (χ3n) is 3.92. The molecule has 4 rings (SSSR count). The Bertz CT molecular complexity index is 980. The second-order valence-electron chi connectivity index (χ2n) is 5.59. The van der Waals surface area contributed by atoms with E-state index in [-0.39, 0.29) is 0 Å². The van der Waals surface area contributed by atoms with E-state index in [4.69, 9.17) is 4.74 Å². The molecule has 116 valence electrons. The molecule has 0 aliphatic carbocycles. The minimum absolute atomic E-state index is 0.795. The fraction of sp³-hybridized carbons (Fsp3) is 0. The molecule has 0 bridgehead atoms. The van der Waals surface area contributed by atoms with Crippen molar-refractivity contribution in [1.82, 2.24) is 0 Å². The third-order valence-corrected chi connectivity index (χ3v) is 3.92. The molecule has 0 N–H and O–H groups in total. The molecule has 0 aliphatic heterocycles. The first-order valence-electron chi connectivity index (χ1n) is 7.74. The summed E-state index contributed by atoms with van der Waals surface area (Å²) in [5, 5.41) is 13.4. The van der Waals surface area contributed by atoms with Crippen LogP contribution >= 0.6 is 0 Å². The molecule has 0 atom stereocenters. The lowest BCUT2D eigenvalue weighted by molar-refractivity contribution is -0.603. The summed E-state index contributed by atoms with van der Waals surface area (Å²) in [6.07, 6.45) is 3.10. The van der Waals surface area contributed by atoms with Crippen molar-refractivity contribution < 1.29 is 9.47 Å². The van der Waals surface area contributed by atoms with E-state index >= 15 is 0 Å². The lowest BCUT2D eigenvalue weighted by atomic mass is 10.0. The minimum atomic E-state index is 0.795. The van der Waals surface area contributed by atoms with Crippen molar-refractivity contribution in [2.45, 2.75) is 0 Å². The number of para-hydroxylation sites is 1. The molecule has 24 heavy (non-hydrogen) atoms. The van der Waals surface area contributed by atoms with Crippen molar-refractivity contribution in [1.29, 1.82) is 0 Å². The molecular weight excluding hydrogens is 298 g/mol. The van der Waals surface area contributed by atoms with Crippen LogP contribution in [0.2, 0.25) is 0 Å². The Hall–Kier alpha value is -3.33. The zero-order chi connectivity index (χ0) is 16.4. The quantitative estimate of drug-likeness (QED) is 0.397. The van der Waals surface area contributed by atoms with Gasteiger partial charge in [-0.05, 0) is 46.8 Å². The molecule has 3 aromatic carbocycles. The third kappa shape index (κ3) is 2.92. The molecule has 0 saturated carbocycles. The van der Waals surface area contributed by atoms with Gasteiger partial charge in [0.05, 0.1) is 0 Å². The zero-order valence-corrected chi connectivity index (χ0v) is 12.9. The maximum absolute atomic E-state index is 11.4. The van der Waals surface area contributed by atoms with Gasteiger partial charge in [-0.3, -0.25) is 0 Å². The van der Waals surface area contributed by atoms with Crippen LogP contribution in [0.3, 0.4) is 0 Å². The summed E-state index contributed by atoms with van der Waals surface area (Å²) in [5.74, 6) is 1.61. The second-order valence-corrected chi connectivity index (χ2v) is 5.59. The lowest BCUT2D eigenvalue weighted by Crippen LogP contribution is -2.23. The Kier molecular flexibility index (Phi) is 3.60. The van der Waals surface area contributed by atoms with E-state index in [1.165, 1.54) is 6.20 Å². The number of hydrogen-bond acceptors (Lipinski definition) is 2. The number of pyridine rings is 1. The Morgan fingerprint density at radius 3 is 2.17 bits per heavy atom. The zero-order valence-electron chi connectivity index (χ0n) is 12.9. The van der Waals surface area contributed by atoms with Crippen molar-refractivity contribution in [3.05, 3.63) is 96.5 Å². The van der Waals surface area contributed by atoms with E-state index in [2.05, 4.69) is 6.07 Å². The predicted molar refractivity (Wildman–Crippen MR) is 94.9 cm³/mol. The van der Waals surface area contributed by atoms with Crippen LogP contribution in [0, 0.1) is 5.21 Å². The summed E-state index contributed by atoms with van der Waals surface area (Å²) in [7, 11) is 0. The first kappa shape index (κ1) is 14.3. The van der Waals surface area contributed by atoms with Gasteiger partial charge >= 0.3 is 0 Å². The number of fused-ring (bicyclic) bond motifs is 1. The van der Waals surface area contributed by atoms with Gasteiger partial charge in [-0.25, -0.2) is 0 Å². The maximum atomic E-state index is 11.4. The Balaban J connectivity index is 1.62. The van der Waals surface area contributed by atoms with Crippen molar-refractivity contribution in [2.75, 3.05) is 0 Å². The van der Waals surface area contributed by atoms with Gasteiger partial charge in [-0.1, -0.05) is 42.5 Å². The van der Waals surface area contributed by atoms with Crippen molar-refractivity contribution in [3.63, 3.8) is 0 Å². The molecule has 3 nitrogen and oxygen atoms in total. The normalized spacial score (nSPS) is 10.7. The SMILES string of the molecule is [O-][n+]1ccc2ccc(-c3ccc(Oc4ccccc4)cc3)cc2c1. The molecular formula is C21H15NO2. The molecule has 0 fully saturated rings. The van der Waals surface area contributed by atoms with Crippen LogP contribution in [0.5, 0.6) is 11.5 Å². The number of aromatic nitrogens is 1. The number of hydrogen-bond donors (Lipinski definition) is 0. The highest BCUT2D eigenvalue weighted by atomic mass is 16.5. The van der Waals surface area contributed by atoms with Crippen LogP contribution in [0.25, 0.3) is 21.9 Å². The van der Waals surface area contributed by atoms with Crippen molar-refractivity contribution in [3.8, 4) is 22.6 Å². The van der Waals surface area contributed by atoms with Gasteiger partial charge in [0, 0.05) is 11.5 Å². The van der Waals surface area contributed by atoms with E-state index in [1.807, 2.05) is 72.8 Å². The first-order valence-corrected chi connectivity index (χ1v) is 7.74. The number of nitrogens with zero attached hydrogens (tertiary/aromatic N) is 1. The highest BCUT2D eigenvalue weighted by Gasteiger charge is 2.03. The van der Waals surface area contributed by atoms with Crippen molar-refractivity contribution in [2.24, 2.45) is 0 Å². The molecule has 1 heterocycles. The van der Waals surface area contributed by atoms with Gasteiger partial charge in [-0.15, -0.1) is 0 Å². The van der Waals surface area contributed by atoms with Gasteiger partial charge in [0.1, 0.15) is 11.5 Å². The Morgan fingerprint density at radius 2 is 1.38 bits per heavy atom.